The van der Waals surface area contributed by atoms with Gasteiger partial charge in [0.05, 0.1) is 0 Å². The normalized spacial score (nSPS) is 43.9. The first-order valence-electron chi connectivity index (χ1n) is 13.6. The standard InChI is InChI=1S/C29H50/c1-7-22(18(2)3)10-9-20(5)23-12-13-26-24(23)14-15-27-25-11-8-19(4)16-28(25)21(6)17-29(26)27/h17-20,22-29H,7-16H2,1-6H3. The van der Waals surface area contributed by atoms with Gasteiger partial charge in [0.15, 0.2) is 0 Å². The number of hydrogen-bond acceptors (Lipinski definition) is 0. The minimum Gasteiger partial charge on any atom is -0.0816 e. The zero-order valence-corrected chi connectivity index (χ0v) is 20.5. The molecule has 166 valence electrons. The lowest BCUT2D eigenvalue weighted by Crippen LogP contribution is -2.44. The molecule has 0 aromatic rings. The van der Waals surface area contributed by atoms with E-state index in [0.717, 1.165) is 65.1 Å². The van der Waals surface area contributed by atoms with Crippen molar-refractivity contribution in [1.82, 2.24) is 0 Å². The summed E-state index contributed by atoms with van der Waals surface area (Å²) in [7, 11) is 0. The maximum atomic E-state index is 2.83. The highest BCUT2D eigenvalue weighted by Gasteiger charge is 2.51. The quantitative estimate of drug-likeness (QED) is 0.392. The second-order valence-electron chi connectivity index (χ2n) is 12.5. The molecule has 29 heavy (non-hydrogen) atoms. The van der Waals surface area contributed by atoms with Crippen molar-refractivity contribution < 1.29 is 0 Å². The molecule has 0 nitrogen and oxygen atoms in total. The lowest BCUT2D eigenvalue weighted by Gasteiger charge is -2.52. The zero-order valence-electron chi connectivity index (χ0n) is 20.5. The summed E-state index contributed by atoms with van der Waals surface area (Å²) in [6, 6.07) is 0. The topological polar surface area (TPSA) is 0 Å². The molecular weight excluding hydrogens is 348 g/mol. The summed E-state index contributed by atoms with van der Waals surface area (Å²) in [6.45, 7) is 14.9. The minimum atomic E-state index is 0.862. The van der Waals surface area contributed by atoms with Crippen LogP contribution in [0.3, 0.4) is 0 Å². The fourth-order valence-electron chi connectivity index (χ4n) is 8.95. The fourth-order valence-corrected chi connectivity index (χ4v) is 8.95. The highest BCUT2D eigenvalue weighted by atomic mass is 14.6. The molecule has 10 atom stereocenters. The van der Waals surface area contributed by atoms with Crippen LogP contribution in [0.5, 0.6) is 0 Å². The third-order valence-corrected chi connectivity index (χ3v) is 10.7. The molecule has 3 fully saturated rings. The second kappa shape index (κ2) is 9.08. The lowest BCUT2D eigenvalue weighted by molar-refractivity contribution is 0.0223. The van der Waals surface area contributed by atoms with E-state index in [0.29, 0.717) is 0 Å². The van der Waals surface area contributed by atoms with Gasteiger partial charge in [-0.15, -0.1) is 0 Å². The number of hydrogen-bond donors (Lipinski definition) is 0. The molecule has 3 saturated carbocycles. The maximum absolute atomic E-state index is 2.83. The van der Waals surface area contributed by atoms with Crippen LogP contribution in [0.2, 0.25) is 0 Å². The predicted octanol–water partition coefficient (Wildman–Crippen LogP) is 8.77. The third kappa shape index (κ3) is 4.25. The van der Waals surface area contributed by atoms with Crippen molar-refractivity contribution in [3.63, 3.8) is 0 Å². The van der Waals surface area contributed by atoms with Crippen molar-refractivity contribution in [1.29, 1.82) is 0 Å². The molecular formula is C29H50. The van der Waals surface area contributed by atoms with E-state index in [4.69, 9.17) is 0 Å². The summed E-state index contributed by atoms with van der Waals surface area (Å²) >= 11 is 0. The first-order chi connectivity index (χ1) is 13.9. The molecule has 0 bridgehead atoms. The Morgan fingerprint density at radius 2 is 1.52 bits per heavy atom. The molecule has 0 N–H and O–H groups in total. The monoisotopic (exact) mass is 398 g/mol. The summed E-state index contributed by atoms with van der Waals surface area (Å²) in [4.78, 5) is 0. The number of allylic oxidation sites excluding steroid dienone is 2. The van der Waals surface area contributed by atoms with Crippen molar-refractivity contribution in [2.75, 3.05) is 0 Å². The van der Waals surface area contributed by atoms with Crippen molar-refractivity contribution in [3.8, 4) is 0 Å². The van der Waals surface area contributed by atoms with Gasteiger partial charge in [-0.1, -0.05) is 65.5 Å². The van der Waals surface area contributed by atoms with E-state index < -0.39 is 0 Å². The van der Waals surface area contributed by atoms with Gasteiger partial charge in [0.25, 0.3) is 0 Å². The molecule has 0 radical (unpaired) electrons. The molecule has 0 aliphatic heterocycles. The Bertz CT molecular complexity index is 571. The smallest absolute Gasteiger partial charge is 0.0168 e. The van der Waals surface area contributed by atoms with Crippen LogP contribution in [0, 0.1) is 65.1 Å². The molecule has 10 unspecified atom stereocenters. The van der Waals surface area contributed by atoms with E-state index >= 15 is 0 Å². The molecule has 0 saturated heterocycles. The Hall–Kier alpha value is -0.260. The van der Waals surface area contributed by atoms with Crippen LogP contribution < -0.4 is 0 Å². The molecule has 0 aromatic carbocycles. The van der Waals surface area contributed by atoms with Crippen molar-refractivity contribution in [2.24, 2.45) is 65.1 Å². The van der Waals surface area contributed by atoms with Crippen LogP contribution in [0.1, 0.15) is 106 Å². The minimum absolute atomic E-state index is 0.862. The first-order valence-corrected chi connectivity index (χ1v) is 13.6. The molecule has 0 amide bonds. The predicted molar refractivity (Wildman–Crippen MR) is 127 cm³/mol. The highest BCUT2D eigenvalue weighted by Crippen LogP contribution is 2.60. The van der Waals surface area contributed by atoms with E-state index in [2.05, 4.69) is 47.6 Å². The van der Waals surface area contributed by atoms with E-state index in [-0.39, 0.29) is 0 Å². The molecule has 0 spiro atoms. The van der Waals surface area contributed by atoms with E-state index in [1.54, 1.807) is 24.8 Å². The largest absolute Gasteiger partial charge is 0.0816 e. The van der Waals surface area contributed by atoms with Gasteiger partial charge in [-0.2, -0.15) is 0 Å². The van der Waals surface area contributed by atoms with Crippen LogP contribution >= 0.6 is 0 Å². The van der Waals surface area contributed by atoms with E-state index in [1.165, 1.54) is 44.9 Å². The summed E-state index contributed by atoms with van der Waals surface area (Å²) < 4.78 is 0. The summed E-state index contributed by atoms with van der Waals surface area (Å²) in [5, 5.41) is 0. The maximum Gasteiger partial charge on any atom is -0.0168 e. The Balaban J connectivity index is 1.42. The first kappa shape index (κ1) is 22.0. The third-order valence-electron chi connectivity index (χ3n) is 10.7. The van der Waals surface area contributed by atoms with Gasteiger partial charge in [0.2, 0.25) is 0 Å². The second-order valence-corrected chi connectivity index (χ2v) is 12.5. The van der Waals surface area contributed by atoms with Crippen molar-refractivity contribution in [3.05, 3.63) is 11.6 Å². The van der Waals surface area contributed by atoms with Gasteiger partial charge in [-0.25, -0.2) is 0 Å². The molecule has 4 rings (SSSR count). The van der Waals surface area contributed by atoms with Crippen LogP contribution in [0.25, 0.3) is 0 Å². The van der Waals surface area contributed by atoms with Crippen LogP contribution in [-0.2, 0) is 0 Å². The van der Waals surface area contributed by atoms with Gasteiger partial charge in [0, 0.05) is 0 Å². The van der Waals surface area contributed by atoms with Gasteiger partial charge >= 0.3 is 0 Å². The molecule has 0 aromatic heterocycles. The number of fused-ring (bicyclic) bond motifs is 5. The summed E-state index contributed by atoms with van der Waals surface area (Å²) in [5.41, 5.74) is 1.79. The van der Waals surface area contributed by atoms with Gasteiger partial charge in [0.1, 0.15) is 0 Å². The van der Waals surface area contributed by atoms with Gasteiger partial charge < -0.3 is 0 Å². The fraction of sp³-hybridized carbons (Fsp3) is 0.931. The number of rotatable bonds is 6. The Morgan fingerprint density at radius 1 is 0.862 bits per heavy atom. The van der Waals surface area contributed by atoms with E-state index in [1.807, 2.05) is 0 Å². The Kier molecular flexibility index (Phi) is 6.87. The van der Waals surface area contributed by atoms with Crippen LogP contribution in [0.15, 0.2) is 11.6 Å². The van der Waals surface area contributed by atoms with E-state index in [9.17, 15) is 0 Å². The SMILES string of the molecule is CCC(CCC(C)C1CCC2C3C=C(C)C4CC(C)CCC4C3CCC12)C(C)C. The molecule has 4 aliphatic carbocycles. The van der Waals surface area contributed by atoms with Crippen molar-refractivity contribution >= 4 is 0 Å². The Labute approximate surface area is 182 Å². The molecule has 0 heteroatoms. The zero-order chi connectivity index (χ0) is 20.7. The summed E-state index contributed by atoms with van der Waals surface area (Å²) in [6.07, 6.45) is 17.9. The van der Waals surface area contributed by atoms with Crippen LogP contribution in [-0.4, -0.2) is 0 Å². The average molecular weight is 399 g/mol. The molecule has 0 heterocycles. The Morgan fingerprint density at radius 3 is 2.24 bits per heavy atom. The van der Waals surface area contributed by atoms with Gasteiger partial charge in [-0.3, -0.25) is 0 Å². The average Bonchev–Trinajstić information content (AvgIpc) is 3.13. The highest BCUT2D eigenvalue weighted by molar-refractivity contribution is 5.18. The lowest BCUT2D eigenvalue weighted by atomic mass is 9.53. The van der Waals surface area contributed by atoms with Gasteiger partial charge in [-0.05, 0) is 117 Å². The summed E-state index contributed by atoms with van der Waals surface area (Å²) in [5.74, 6) is 10.8. The van der Waals surface area contributed by atoms with Crippen molar-refractivity contribution in [2.45, 2.75) is 106 Å². The van der Waals surface area contributed by atoms with Crippen LogP contribution in [0.4, 0.5) is 0 Å². The molecule has 4 aliphatic rings.